The van der Waals surface area contributed by atoms with E-state index in [0.29, 0.717) is 17.3 Å². The van der Waals surface area contributed by atoms with Crippen LogP contribution in [0.15, 0.2) is 48.5 Å². The molecule has 0 spiro atoms. The molecule has 27 heavy (non-hydrogen) atoms. The summed E-state index contributed by atoms with van der Waals surface area (Å²) < 4.78 is 25.7. The fraction of sp³-hybridized carbons (Fsp3) is 0.350. The van der Waals surface area contributed by atoms with E-state index in [1.54, 1.807) is 25.1 Å². The molecule has 0 aliphatic carbocycles. The number of nitrogens with zero attached hydrogens (tertiary/aromatic N) is 1. The molecule has 0 fully saturated rings. The van der Waals surface area contributed by atoms with Crippen molar-refractivity contribution in [3.8, 4) is 0 Å². The summed E-state index contributed by atoms with van der Waals surface area (Å²) in [5.74, 6) is -0.342. The summed E-state index contributed by atoms with van der Waals surface area (Å²) in [6.45, 7) is 3.88. The summed E-state index contributed by atoms with van der Waals surface area (Å²) >= 11 is 6.13. The van der Waals surface area contributed by atoms with Crippen LogP contribution in [-0.4, -0.2) is 33.2 Å². The number of sulfonamides is 1. The van der Waals surface area contributed by atoms with Crippen molar-refractivity contribution in [3.63, 3.8) is 0 Å². The van der Waals surface area contributed by atoms with Crippen LogP contribution in [-0.2, 0) is 21.2 Å². The normalized spacial score (nSPS) is 12.4. The zero-order chi connectivity index (χ0) is 20.0. The van der Waals surface area contributed by atoms with Gasteiger partial charge in [0.1, 0.15) is 6.04 Å². The Balaban J connectivity index is 2.03. The zero-order valence-corrected chi connectivity index (χ0v) is 17.3. The minimum Gasteiger partial charge on any atom is -0.354 e. The molecule has 0 aliphatic heterocycles. The van der Waals surface area contributed by atoms with Crippen LogP contribution in [0.1, 0.15) is 24.5 Å². The number of carbonyl (C=O) groups excluding carboxylic acids is 1. The van der Waals surface area contributed by atoms with Crippen LogP contribution in [0.3, 0.4) is 0 Å². The van der Waals surface area contributed by atoms with Crippen LogP contribution in [0.25, 0.3) is 0 Å². The number of nitrogens with one attached hydrogen (secondary N) is 1. The fourth-order valence-electron chi connectivity index (χ4n) is 2.82. The van der Waals surface area contributed by atoms with Gasteiger partial charge in [-0.3, -0.25) is 9.10 Å². The minimum atomic E-state index is -3.65. The Morgan fingerprint density at radius 1 is 1.19 bits per heavy atom. The van der Waals surface area contributed by atoms with Crippen LogP contribution in [0.2, 0.25) is 5.02 Å². The van der Waals surface area contributed by atoms with Crippen LogP contribution < -0.4 is 9.62 Å². The number of carbonyl (C=O) groups is 1. The van der Waals surface area contributed by atoms with Gasteiger partial charge in [-0.25, -0.2) is 8.42 Å². The molecule has 5 nitrogen and oxygen atoms in total. The number of hydrogen-bond acceptors (Lipinski definition) is 3. The van der Waals surface area contributed by atoms with E-state index in [-0.39, 0.29) is 5.91 Å². The molecule has 2 aromatic rings. The molecule has 1 atom stereocenters. The smallest absolute Gasteiger partial charge is 0.243 e. The highest BCUT2D eigenvalue weighted by molar-refractivity contribution is 7.92. The molecule has 0 saturated heterocycles. The Morgan fingerprint density at radius 2 is 1.85 bits per heavy atom. The van der Waals surface area contributed by atoms with Crippen molar-refractivity contribution in [1.82, 2.24) is 5.32 Å². The van der Waals surface area contributed by atoms with E-state index in [4.69, 9.17) is 11.6 Å². The van der Waals surface area contributed by atoms with Crippen molar-refractivity contribution in [2.24, 2.45) is 0 Å². The number of halogens is 1. The molecule has 0 heterocycles. The van der Waals surface area contributed by atoms with E-state index in [1.165, 1.54) is 5.56 Å². The lowest BCUT2D eigenvalue weighted by atomic mass is 10.1. The van der Waals surface area contributed by atoms with Crippen LogP contribution in [0.4, 0.5) is 5.69 Å². The van der Waals surface area contributed by atoms with E-state index < -0.39 is 16.1 Å². The Labute approximate surface area is 166 Å². The molecule has 0 aliphatic rings. The molecular formula is C20H25ClN2O3S. The van der Waals surface area contributed by atoms with Gasteiger partial charge in [-0.05, 0) is 49.9 Å². The number of aryl methyl sites for hydroxylation is 2. The highest BCUT2D eigenvalue weighted by atomic mass is 35.5. The molecule has 2 aromatic carbocycles. The molecule has 7 heteroatoms. The predicted molar refractivity (Wildman–Crippen MR) is 111 cm³/mol. The first kappa shape index (κ1) is 21.3. The van der Waals surface area contributed by atoms with Crippen LogP contribution >= 0.6 is 11.6 Å². The topological polar surface area (TPSA) is 66.5 Å². The lowest BCUT2D eigenvalue weighted by Crippen LogP contribution is -2.48. The fourth-order valence-corrected chi connectivity index (χ4v) is 4.17. The van der Waals surface area contributed by atoms with Crippen molar-refractivity contribution in [1.29, 1.82) is 0 Å². The van der Waals surface area contributed by atoms with Crippen LogP contribution in [0.5, 0.6) is 0 Å². The lowest BCUT2D eigenvalue weighted by Gasteiger charge is -2.28. The largest absolute Gasteiger partial charge is 0.354 e. The van der Waals surface area contributed by atoms with Gasteiger partial charge < -0.3 is 5.32 Å². The lowest BCUT2D eigenvalue weighted by molar-refractivity contribution is -0.121. The van der Waals surface area contributed by atoms with Crippen molar-refractivity contribution in [2.45, 2.75) is 32.7 Å². The molecule has 0 aromatic heterocycles. The third-order valence-corrected chi connectivity index (χ3v) is 5.93. The Morgan fingerprint density at radius 3 is 2.44 bits per heavy atom. The third-order valence-electron chi connectivity index (χ3n) is 4.28. The minimum absolute atomic E-state index is 0.342. The summed E-state index contributed by atoms with van der Waals surface area (Å²) in [6, 6.07) is 14.1. The Hall–Kier alpha value is -2.05. The molecule has 2 rings (SSSR count). The maximum atomic E-state index is 12.5. The van der Waals surface area contributed by atoms with Gasteiger partial charge in [0, 0.05) is 11.6 Å². The van der Waals surface area contributed by atoms with E-state index >= 15 is 0 Å². The summed E-state index contributed by atoms with van der Waals surface area (Å²) in [6.07, 6.45) is 2.70. The van der Waals surface area contributed by atoms with Gasteiger partial charge in [0.2, 0.25) is 15.9 Å². The second-order valence-corrected chi connectivity index (χ2v) is 8.82. The number of hydrogen-bond donors (Lipinski definition) is 1. The number of amides is 1. The van der Waals surface area contributed by atoms with Crippen molar-refractivity contribution >= 4 is 33.2 Å². The van der Waals surface area contributed by atoms with E-state index in [1.807, 2.05) is 37.3 Å². The predicted octanol–water partition coefficient (Wildman–Crippen LogP) is 3.55. The van der Waals surface area contributed by atoms with Gasteiger partial charge in [-0.1, -0.05) is 48.0 Å². The summed E-state index contributed by atoms with van der Waals surface area (Å²) in [4.78, 5) is 12.5. The molecule has 1 N–H and O–H groups in total. The number of rotatable bonds is 8. The maximum absolute atomic E-state index is 12.5. The average molecular weight is 409 g/mol. The van der Waals surface area contributed by atoms with E-state index in [0.717, 1.165) is 29.0 Å². The molecule has 0 unspecified atom stereocenters. The summed E-state index contributed by atoms with van der Waals surface area (Å²) in [7, 11) is -3.65. The van der Waals surface area contributed by atoms with Crippen molar-refractivity contribution < 1.29 is 13.2 Å². The molecule has 146 valence electrons. The molecular weight excluding hydrogens is 384 g/mol. The highest BCUT2D eigenvalue weighted by Gasteiger charge is 2.29. The average Bonchev–Trinajstić information content (AvgIpc) is 2.61. The number of benzene rings is 2. The van der Waals surface area contributed by atoms with Gasteiger partial charge in [0.25, 0.3) is 0 Å². The highest BCUT2D eigenvalue weighted by Crippen LogP contribution is 2.26. The molecule has 0 saturated carbocycles. The summed E-state index contributed by atoms with van der Waals surface area (Å²) in [5, 5.41) is 3.28. The van der Waals surface area contributed by atoms with Crippen molar-refractivity contribution in [3.05, 3.63) is 64.7 Å². The van der Waals surface area contributed by atoms with Gasteiger partial charge in [0.15, 0.2) is 0 Å². The van der Waals surface area contributed by atoms with Gasteiger partial charge in [-0.15, -0.1) is 0 Å². The van der Waals surface area contributed by atoms with E-state index in [9.17, 15) is 13.2 Å². The standard InChI is InChI=1S/C20H25ClN2O3S/c1-15-11-12-18(14-19(15)21)23(27(3,25)26)16(2)20(24)22-13-7-10-17-8-5-4-6-9-17/h4-6,8-9,11-12,14,16H,7,10,13H2,1-3H3,(H,22,24)/t16-/m0/s1. The second kappa shape index (κ2) is 9.24. The molecule has 1 amide bonds. The molecule has 0 radical (unpaired) electrons. The Kier molecular flexibility index (Phi) is 7.27. The van der Waals surface area contributed by atoms with Gasteiger partial charge in [0.05, 0.1) is 11.9 Å². The third kappa shape index (κ3) is 5.97. The monoisotopic (exact) mass is 408 g/mol. The van der Waals surface area contributed by atoms with Gasteiger partial charge >= 0.3 is 0 Å². The Bertz CT molecular complexity index is 885. The summed E-state index contributed by atoms with van der Waals surface area (Å²) in [5.41, 5.74) is 2.42. The first-order valence-electron chi connectivity index (χ1n) is 8.77. The first-order chi connectivity index (χ1) is 12.7. The zero-order valence-electron chi connectivity index (χ0n) is 15.8. The quantitative estimate of drug-likeness (QED) is 0.679. The van der Waals surface area contributed by atoms with E-state index in [2.05, 4.69) is 5.32 Å². The maximum Gasteiger partial charge on any atom is 0.243 e. The van der Waals surface area contributed by atoms with Crippen molar-refractivity contribution in [2.75, 3.05) is 17.1 Å². The van der Waals surface area contributed by atoms with Crippen LogP contribution in [0, 0.1) is 6.92 Å². The SMILES string of the molecule is Cc1ccc(N([C@@H](C)C(=O)NCCCc2ccccc2)S(C)(=O)=O)cc1Cl. The first-order valence-corrected chi connectivity index (χ1v) is 11.0. The molecule has 0 bridgehead atoms. The number of anilines is 1. The van der Waals surface area contributed by atoms with Gasteiger partial charge in [-0.2, -0.15) is 0 Å². The second-order valence-electron chi connectivity index (χ2n) is 6.55.